The topological polar surface area (TPSA) is 52.7 Å². The number of piperidine rings is 1. The molecular weight excluding hydrogens is 362 g/mol. The Bertz CT molecular complexity index is 817. The SMILES string of the molecule is O=C(NCc1ccccc1)C1CC(=O)N(C2CCN(Cc3ccccc3)CC2)C1. The Morgan fingerprint density at radius 3 is 2.21 bits per heavy atom. The van der Waals surface area contributed by atoms with Crippen molar-refractivity contribution in [1.82, 2.24) is 15.1 Å². The minimum Gasteiger partial charge on any atom is -0.352 e. The van der Waals surface area contributed by atoms with Crippen LogP contribution in [0.5, 0.6) is 0 Å². The Hall–Kier alpha value is -2.66. The molecule has 2 saturated heterocycles. The van der Waals surface area contributed by atoms with E-state index in [-0.39, 0.29) is 23.8 Å². The summed E-state index contributed by atoms with van der Waals surface area (Å²) in [6.07, 6.45) is 2.30. The molecule has 1 atom stereocenters. The van der Waals surface area contributed by atoms with Gasteiger partial charge < -0.3 is 10.2 Å². The van der Waals surface area contributed by atoms with Crippen molar-refractivity contribution in [3.8, 4) is 0 Å². The first-order chi connectivity index (χ1) is 14.2. The lowest BCUT2D eigenvalue weighted by atomic mass is 10.0. The van der Waals surface area contributed by atoms with Crippen LogP contribution < -0.4 is 5.32 Å². The zero-order valence-corrected chi connectivity index (χ0v) is 16.8. The van der Waals surface area contributed by atoms with Gasteiger partial charge in [-0.1, -0.05) is 60.7 Å². The summed E-state index contributed by atoms with van der Waals surface area (Å²) in [5.74, 6) is -0.105. The van der Waals surface area contributed by atoms with Crippen LogP contribution in [0.1, 0.15) is 30.4 Å². The van der Waals surface area contributed by atoms with Crippen molar-refractivity contribution in [2.24, 2.45) is 5.92 Å². The van der Waals surface area contributed by atoms with E-state index in [0.717, 1.165) is 38.0 Å². The average molecular weight is 392 g/mol. The molecule has 2 heterocycles. The molecule has 0 aliphatic carbocycles. The summed E-state index contributed by atoms with van der Waals surface area (Å²) in [5, 5.41) is 2.99. The van der Waals surface area contributed by atoms with Gasteiger partial charge in [-0.2, -0.15) is 0 Å². The molecule has 0 radical (unpaired) electrons. The van der Waals surface area contributed by atoms with Crippen LogP contribution in [-0.2, 0) is 22.7 Å². The highest BCUT2D eigenvalue weighted by molar-refractivity contribution is 5.89. The maximum Gasteiger partial charge on any atom is 0.225 e. The van der Waals surface area contributed by atoms with Crippen LogP contribution in [0.25, 0.3) is 0 Å². The van der Waals surface area contributed by atoms with Crippen molar-refractivity contribution < 1.29 is 9.59 Å². The van der Waals surface area contributed by atoms with Gasteiger partial charge in [-0.3, -0.25) is 14.5 Å². The van der Waals surface area contributed by atoms with Gasteiger partial charge in [0.15, 0.2) is 0 Å². The second-order valence-electron chi connectivity index (χ2n) is 8.14. The van der Waals surface area contributed by atoms with Gasteiger partial charge >= 0.3 is 0 Å². The zero-order chi connectivity index (χ0) is 20.1. The van der Waals surface area contributed by atoms with Crippen molar-refractivity contribution >= 4 is 11.8 Å². The maximum absolute atomic E-state index is 12.6. The van der Waals surface area contributed by atoms with Gasteiger partial charge in [-0.25, -0.2) is 0 Å². The highest BCUT2D eigenvalue weighted by atomic mass is 16.2. The van der Waals surface area contributed by atoms with Crippen molar-refractivity contribution in [2.45, 2.75) is 38.4 Å². The van der Waals surface area contributed by atoms with Crippen LogP contribution in [-0.4, -0.2) is 47.3 Å². The van der Waals surface area contributed by atoms with E-state index in [9.17, 15) is 9.59 Å². The predicted octanol–water partition coefficient (Wildman–Crippen LogP) is 2.82. The highest BCUT2D eigenvalue weighted by Crippen LogP contribution is 2.26. The van der Waals surface area contributed by atoms with Gasteiger partial charge in [0.1, 0.15) is 0 Å². The van der Waals surface area contributed by atoms with E-state index < -0.39 is 0 Å². The number of rotatable bonds is 6. The van der Waals surface area contributed by atoms with Crippen LogP contribution in [0.15, 0.2) is 60.7 Å². The molecule has 5 nitrogen and oxygen atoms in total. The summed E-state index contributed by atoms with van der Waals surface area (Å²) in [6.45, 7) is 4.03. The largest absolute Gasteiger partial charge is 0.352 e. The summed E-state index contributed by atoms with van der Waals surface area (Å²) in [4.78, 5) is 29.5. The molecule has 0 spiro atoms. The lowest BCUT2D eigenvalue weighted by Gasteiger charge is -2.36. The van der Waals surface area contributed by atoms with Gasteiger partial charge in [0.25, 0.3) is 0 Å². The maximum atomic E-state index is 12.6. The van der Waals surface area contributed by atoms with Gasteiger partial charge in [-0.15, -0.1) is 0 Å². The molecule has 4 rings (SSSR count). The van der Waals surface area contributed by atoms with Crippen molar-refractivity contribution in [3.63, 3.8) is 0 Å². The standard InChI is InChI=1S/C24H29N3O2/c28-23-15-21(24(29)25-16-19-7-3-1-4-8-19)18-27(23)22-11-13-26(14-12-22)17-20-9-5-2-6-10-20/h1-10,21-22H,11-18H2,(H,25,29). The van der Waals surface area contributed by atoms with Gasteiger partial charge in [0, 0.05) is 45.2 Å². The van der Waals surface area contributed by atoms with E-state index >= 15 is 0 Å². The molecule has 1 N–H and O–H groups in total. The first kappa shape index (κ1) is 19.6. The number of hydrogen-bond donors (Lipinski definition) is 1. The lowest BCUT2D eigenvalue weighted by molar-refractivity contribution is -0.131. The fourth-order valence-corrected chi connectivity index (χ4v) is 4.42. The number of benzene rings is 2. The summed E-state index contributed by atoms with van der Waals surface area (Å²) in [6, 6.07) is 20.7. The molecule has 2 fully saturated rings. The first-order valence-electron chi connectivity index (χ1n) is 10.6. The number of hydrogen-bond acceptors (Lipinski definition) is 3. The Morgan fingerprint density at radius 2 is 1.55 bits per heavy atom. The summed E-state index contributed by atoms with van der Waals surface area (Å²) >= 11 is 0. The van der Waals surface area contributed by atoms with E-state index in [0.29, 0.717) is 19.5 Å². The Labute approximate surface area is 172 Å². The van der Waals surface area contributed by atoms with Crippen LogP contribution in [0.2, 0.25) is 0 Å². The van der Waals surface area contributed by atoms with Crippen molar-refractivity contribution in [1.29, 1.82) is 0 Å². The summed E-state index contributed by atoms with van der Waals surface area (Å²) in [5.41, 5.74) is 2.41. The molecule has 2 aromatic rings. The molecule has 5 heteroatoms. The molecule has 0 saturated carbocycles. The first-order valence-corrected chi connectivity index (χ1v) is 10.6. The van der Waals surface area contributed by atoms with E-state index in [4.69, 9.17) is 0 Å². The van der Waals surface area contributed by atoms with Gasteiger partial charge in [0.2, 0.25) is 11.8 Å². The zero-order valence-electron chi connectivity index (χ0n) is 16.8. The van der Waals surface area contributed by atoms with Crippen LogP contribution in [0, 0.1) is 5.92 Å². The Balaban J connectivity index is 1.25. The van der Waals surface area contributed by atoms with E-state index in [1.807, 2.05) is 41.3 Å². The number of carbonyl (C=O) groups excluding carboxylic acids is 2. The van der Waals surface area contributed by atoms with Crippen LogP contribution in [0.4, 0.5) is 0 Å². The fraction of sp³-hybridized carbons (Fsp3) is 0.417. The number of likely N-dealkylation sites (tertiary alicyclic amines) is 2. The number of amides is 2. The number of nitrogens with zero attached hydrogens (tertiary/aromatic N) is 2. The third kappa shape index (κ3) is 5.04. The second-order valence-corrected chi connectivity index (χ2v) is 8.14. The lowest BCUT2D eigenvalue weighted by Crippen LogP contribution is -2.45. The van der Waals surface area contributed by atoms with Crippen LogP contribution >= 0.6 is 0 Å². The minimum atomic E-state index is -0.228. The van der Waals surface area contributed by atoms with Gasteiger partial charge in [-0.05, 0) is 24.0 Å². The number of nitrogens with one attached hydrogen (secondary N) is 1. The predicted molar refractivity (Wildman–Crippen MR) is 113 cm³/mol. The third-order valence-electron chi connectivity index (χ3n) is 6.09. The second kappa shape index (κ2) is 9.23. The molecule has 2 aliphatic heterocycles. The molecule has 0 bridgehead atoms. The van der Waals surface area contributed by atoms with Crippen molar-refractivity contribution in [2.75, 3.05) is 19.6 Å². The van der Waals surface area contributed by atoms with Gasteiger partial charge in [0.05, 0.1) is 5.92 Å². The number of carbonyl (C=O) groups is 2. The van der Waals surface area contributed by atoms with E-state index in [1.165, 1.54) is 5.56 Å². The van der Waals surface area contributed by atoms with Crippen molar-refractivity contribution in [3.05, 3.63) is 71.8 Å². The highest BCUT2D eigenvalue weighted by Gasteiger charge is 2.38. The minimum absolute atomic E-state index is 0.00813. The summed E-state index contributed by atoms with van der Waals surface area (Å²) in [7, 11) is 0. The fourth-order valence-electron chi connectivity index (χ4n) is 4.42. The Kier molecular flexibility index (Phi) is 6.25. The molecule has 29 heavy (non-hydrogen) atoms. The Morgan fingerprint density at radius 1 is 0.931 bits per heavy atom. The third-order valence-corrected chi connectivity index (χ3v) is 6.09. The van der Waals surface area contributed by atoms with E-state index in [2.05, 4.69) is 34.5 Å². The van der Waals surface area contributed by atoms with Crippen LogP contribution in [0.3, 0.4) is 0 Å². The quantitative estimate of drug-likeness (QED) is 0.824. The normalized spacial score (nSPS) is 20.8. The molecular formula is C24H29N3O2. The molecule has 0 aromatic heterocycles. The monoisotopic (exact) mass is 391 g/mol. The molecule has 2 aromatic carbocycles. The molecule has 2 aliphatic rings. The molecule has 2 amide bonds. The molecule has 1 unspecified atom stereocenters. The average Bonchev–Trinajstić information content (AvgIpc) is 3.16. The molecule has 152 valence electrons. The van der Waals surface area contributed by atoms with E-state index in [1.54, 1.807) is 0 Å². The smallest absolute Gasteiger partial charge is 0.225 e. The summed E-state index contributed by atoms with van der Waals surface area (Å²) < 4.78 is 0.